The zero-order valence-electron chi connectivity index (χ0n) is 12.8. The molecule has 0 aromatic rings. The van der Waals surface area contributed by atoms with E-state index in [2.05, 4.69) is 24.1 Å². The number of ether oxygens (including phenoxy) is 2. The van der Waals surface area contributed by atoms with Gasteiger partial charge in [0.2, 0.25) is 0 Å². The van der Waals surface area contributed by atoms with Gasteiger partial charge in [-0.15, -0.1) is 0 Å². The highest BCUT2D eigenvalue weighted by Crippen LogP contribution is 2.38. The predicted octanol–water partition coefficient (Wildman–Crippen LogP) is 1.65. The third-order valence-corrected chi connectivity index (χ3v) is 4.62. The monoisotopic (exact) mass is 270 g/mol. The first-order valence-electron chi connectivity index (χ1n) is 7.65. The second-order valence-electron chi connectivity index (χ2n) is 6.70. The number of piperazine rings is 1. The standard InChI is InChI=1S/C15H30N2O2/c1-14(2)13-17(8-9-19-11-10-18-3)15(12-16-14)6-4-5-7-15/h16H,4-13H2,1-3H3. The zero-order chi connectivity index (χ0) is 13.8. The highest BCUT2D eigenvalue weighted by Gasteiger charge is 2.45. The third kappa shape index (κ3) is 3.91. The van der Waals surface area contributed by atoms with Crippen LogP contribution in [0.4, 0.5) is 0 Å². The van der Waals surface area contributed by atoms with Crippen molar-refractivity contribution < 1.29 is 9.47 Å². The molecule has 0 amide bonds. The third-order valence-electron chi connectivity index (χ3n) is 4.62. The van der Waals surface area contributed by atoms with Crippen LogP contribution in [0.2, 0.25) is 0 Å². The molecule has 0 unspecified atom stereocenters. The lowest BCUT2D eigenvalue weighted by Crippen LogP contribution is -2.67. The van der Waals surface area contributed by atoms with Gasteiger partial charge in [-0.3, -0.25) is 4.90 Å². The van der Waals surface area contributed by atoms with Crippen LogP contribution in [0.15, 0.2) is 0 Å². The second-order valence-corrected chi connectivity index (χ2v) is 6.70. The summed E-state index contributed by atoms with van der Waals surface area (Å²) >= 11 is 0. The number of nitrogens with zero attached hydrogens (tertiary/aromatic N) is 1. The lowest BCUT2D eigenvalue weighted by atomic mass is 9.87. The molecule has 4 nitrogen and oxygen atoms in total. The lowest BCUT2D eigenvalue weighted by Gasteiger charge is -2.51. The molecular formula is C15H30N2O2. The number of methoxy groups -OCH3 is 1. The van der Waals surface area contributed by atoms with Gasteiger partial charge in [-0.05, 0) is 26.7 Å². The number of hydrogen-bond acceptors (Lipinski definition) is 4. The quantitative estimate of drug-likeness (QED) is 0.744. The smallest absolute Gasteiger partial charge is 0.0700 e. The molecule has 2 aliphatic rings. The molecule has 1 heterocycles. The summed E-state index contributed by atoms with van der Waals surface area (Å²) in [7, 11) is 1.72. The van der Waals surface area contributed by atoms with Gasteiger partial charge in [0.15, 0.2) is 0 Å². The summed E-state index contributed by atoms with van der Waals surface area (Å²) in [6, 6.07) is 0. The van der Waals surface area contributed by atoms with Gasteiger partial charge in [-0.1, -0.05) is 12.8 Å². The largest absolute Gasteiger partial charge is 0.382 e. The molecule has 1 saturated carbocycles. The average molecular weight is 270 g/mol. The maximum absolute atomic E-state index is 5.66. The first-order valence-corrected chi connectivity index (χ1v) is 7.65. The fourth-order valence-corrected chi connectivity index (χ4v) is 3.48. The van der Waals surface area contributed by atoms with Crippen LogP contribution in [0.1, 0.15) is 39.5 Å². The fourth-order valence-electron chi connectivity index (χ4n) is 3.48. The van der Waals surface area contributed by atoms with Gasteiger partial charge in [0.25, 0.3) is 0 Å². The van der Waals surface area contributed by atoms with E-state index in [1.54, 1.807) is 7.11 Å². The molecular weight excluding hydrogens is 240 g/mol. The topological polar surface area (TPSA) is 33.7 Å². The van der Waals surface area contributed by atoms with Gasteiger partial charge in [0, 0.05) is 37.8 Å². The van der Waals surface area contributed by atoms with Crippen molar-refractivity contribution >= 4 is 0 Å². The molecule has 1 aliphatic carbocycles. The van der Waals surface area contributed by atoms with Crippen molar-refractivity contribution in [3.8, 4) is 0 Å². The van der Waals surface area contributed by atoms with Gasteiger partial charge in [-0.2, -0.15) is 0 Å². The molecule has 19 heavy (non-hydrogen) atoms. The molecule has 0 bridgehead atoms. The van der Waals surface area contributed by atoms with E-state index in [1.165, 1.54) is 25.7 Å². The van der Waals surface area contributed by atoms with Crippen LogP contribution in [-0.4, -0.2) is 62.5 Å². The highest BCUT2D eigenvalue weighted by molar-refractivity contribution is 5.04. The van der Waals surface area contributed by atoms with Crippen LogP contribution in [0.3, 0.4) is 0 Å². The van der Waals surface area contributed by atoms with Crippen molar-refractivity contribution in [3.05, 3.63) is 0 Å². The van der Waals surface area contributed by atoms with Crippen molar-refractivity contribution in [1.82, 2.24) is 10.2 Å². The first kappa shape index (κ1) is 15.2. The molecule has 2 rings (SSSR count). The summed E-state index contributed by atoms with van der Waals surface area (Å²) in [5.74, 6) is 0. The molecule has 1 saturated heterocycles. The van der Waals surface area contributed by atoms with Gasteiger partial charge < -0.3 is 14.8 Å². The molecule has 4 heteroatoms. The van der Waals surface area contributed by atoms with Crippen LogP contribution >= 0.6 is 0 Å². The molecule has 0 atom stereocenters. The Balaban J connectivity index is 1.85. The van der Waals surface area contributed by atoms with Gasteiger partial charge in [0.1, 0.15) is 0 Å². The Bertz CT molecular complexity index is 275. The molecule has 0 aromatic heterocycles. The molecule has 2 fully saturated rings. The van der Waals surface area contributed by atoms with E-state index >= 15 is 0 Å². The summed E-state index contributed by atoms with van der Waals surface area (Å²) in [5.41, 5.74) is 0.626. The summed E-state index contributed by atoms with van der Waals surface area (Å²) in [4.78, 5) is 2.68. The Morgan fingerprint density at radius 2 is 1.84 bits per heavy atom. The Morgan fingerprint density at radius 3 is 2.53 bits per heavy atom. The Kier molecular flexibility index (Phi) is 5.23. The fraction of sp³-hybridized carbons (Fsp3) is 1.00. The minimum Gasteiger partial charge on any atom is -0.382 e. The van der Waals surface area contributed by atoms with Crippen molar-refractivity contribution in [2.75, 3.05) is 46.6 Å². The SMILES string of the molecule is COCCOCCN1CC(C)(C)NCC12CCCC2. The van der Waals surface area contributed by atoms with Crippen LogP contribution in [0.25, 0.3) is 0 Å². The molecule has 1 N–H and O–H groups in total. The van der Waals surface area contributed by atoms with Crippen LogP contribution in [-0.2, 0) is 9.47 Å². The van der Waals surface area contributed by atoms with Crippen LogP contribution < -0.4 is 5.32 Å². The van der Waals surface area contributed by atoms with E-state index < -0.39 is 0 Å². The number of rotatable bonds is 6. The first-order chi connectivity index (χ1) is 9.08. The number of nitrogens with one attached hydrogen (secondary N) is 1. The molecule has 0 radical (unpaired) electrons. The lowest BCUT2D eigenvalue weighted by molar-refractivity contribution is -0.0110. The van der Waals surface area contributed by atoms with E-state index in [0.29, 0.717) is 18.8 Å². The highest BCUT2D eigenvalue weighted by atomic mass is 16.5. The van der Waals surface area contributed by atoms with Gasteiger partial charge in [-0.25, -0.2) is 0 Å². The minimum absolute atomic E-state index is 0.223. The normalized spacial score (nSPS) is 26.1. The van der Waals surface area contributed by atoms with Crippen molar-refractivity contribution in [1.29, 1.82) is 0 Å². The van der Waals surface area contributed by atoms with Crippen molar-refractivity contribution in [2.24, 2.45) is 0 Å². The molecule has 1 spiro atoms. The van der Waals surface area contributed by atoms with E-state index in [9.17, 15) is 0 Å². The van der Waals surface area contributed by atoms with E-state index in [4.69, 9.17) is 9.47 Å². The predicted molar refractivity (Wildman–Crippen MR) is 77.5 cm³/mol. The van der Waals surface area contributed by atoms with E-state index in [0.717, 1.165) is 26.2 Å². The molecule has 1 aliphatic heterocycles. The Morgan fingerprint density at radius 1 is 1.11 bits per heavy atom. The van der Waals surface area contributed by atoms with E-state index in [-0.39, 0.29) is 5.54 Å². The van der Waals surface area contributed by atoms with Crippen molar-refractivity contribution in [3.63, 3.8) is 0 Å². The number of hydrogen-bond donors (Lipinski definition) is 1. The summed E-state index contributed by atoms with van der Waals surface area (Å²) < 4.78 is 10.7. The summed E-state index contributed by atoms with van der Waals surface area (Å²) in [6.07, 6.45) is 5.44. The maximum atomic E-state index is 5.66. The second kappa shape index (κ2) is 6.53. The molecule has 0 aromatic carbocycles. The maximum Gasteiger partial charge on any atom is 0.0700 e. The average Bonchev–Trinajstić information content (AvgIpc) is 2.83. The van der Waals surface area contributed by atoms with Crippen LogP contribution in [0.5, 0.6) is 0 Å². The van der Waals surface area contributed by atoms with E-state index in [1.807, 2.05) is 0 Å². The summed E-state index contributed by atoms with van der Waals surface area (Å²) in [5, 5.41) is 3.73. The Hall–Kier alpha value is -0.160. The van der Waals surface area contributed by atoms with Gasteiger partial charge in [0.05, 0.1) is 19.8 Å². The molecule has 112 valence electrons. The van der Waals surface area contributed by atoms with Gasteiger partial charge >= 0.3 is 0 Å². The minimum atomic E-state index is 0.223. The van der Waals surface area contributed by atoms with Crippen LogP contribution in [0, 0.1) is 0 Å². The summed E-state index contributed by atoms with van der Waals surface area (Å²) in [6.45, 7) is 10.1. The van der Waals surface area contributed by atoms with Crippen molar-refractivity contribution in [2.45, 2.75) is 50.6 Å². The zero-order valence-corrected chi connectivity index (χ0v) is 12.8. The Labute approximate surface area is 117 Å².